The number of alkyl halides is 1. The van der Waals surface area contributed by atoms with Crippen LogP contribution in [0.5, 0.6) is 5.75 Å². The van der Waals surface area contributed by atoms with Crippen molar-refractivity contribution >= 4 is 15.9 Å². The third kappa shape index (κ3) is 3.03. The molecule has 1 aromatic rings. The molecule has 0 saturated heterocycles. The molecule has 0 N–H and O–H groups in total. The smallest absolute Gasteiger partial charge is 0.122 e. The van der Waals surface area contributed by atoms with Gasteiger partial charge in [0.2, 0.25) is 0 Å². The lowest BCUT2D eigenvalue weighted by Crippen LogP contribution is -1.93. The summed E-state index contributed by atoms with van der Waals surface area (Å²) in [7, 11) is 1.73. The molecule has 1 nitrogen and oxygen atoms in total. The summed E-state index contributed by atoms with van der Waals surface area (Å²) in [6, 6.07) is 6.37. The highest BCUT2D eigenvalue weighted by molar-refractivity contribution is 9.09. The fourth-order valence-electron chi connectivity index (χ4n) is 1.32. The van der Waals surface area contributed by atoms with Crippen molar-refractivity contribution in [1.29, 1.82) is 0 Å². The molecule has 72 valence electrons. The van der Waals surface area contributed by atoms with E-state index >= 15 is 0 Å². The van der Waals surface area contributed by atoms with Gasteiger partial charge in [-0.15, -0.1) is 0 Å². The topological polar surface area (TPSA) is 9.23 Å². The number of aryl methyl sites for hydroxylation is 2. The summed E-state index contributed by atoms with van der Waals surface area (Å²) in [5.41, 5.74) is 2.55. The van der Waals surface area contributed by atoms with Gasteiger partial charge in [0.25, 0.3) is 0 Å². The molecule has 1 aromatic carbocycles. The summed E-state index contributed by atoms with van der Waals surface area (Å²) in [5, 5.41) is 1.05. The van der Waals surface area contributed by atoms with E-state index in [2.05, 4.69) is 41.1 Å². The average molecular weight is 243 g/mol. The Morgan fingerprint density at radius 2 is 2.15 bits per heavy atom. The van der Waals surface area contributed by atoms with E-state index in [1.165, 1.54) is 11.1 Å². The monoisotopic (exact) mass is 242 g/mol. The average Bonchev–Trinajstić information content (AvgIpc) is 2.16. The molecule has 0 radical (unpaired) electrons. The second-order valence-electron chi connectivity index (χ2n) is 3.11. The molecule has 0 fully saturated rings. The zero-order valence-electron chi connectivity index (χ0n) is 8.14. The lowest BCUT2D eigenvalue weighted by molar-refractivity contribution is 0.409. The highest BCUT2D eigenvalue weighted by atomic mass is 79.9. The first-order chi connectivity index (χ1) is 6.27. The summed E-state index contributed by atoms with van der Waals surface area (Å²) in [4.78, 5) is 0. The van der Waals surface area contributed by atoms with Gasteiger partial charge in [0.1, 0.15) is 5.75 Å². The van der Waals surface area contributed by atoms with Gasteiger partial charge in [-0.25, -0.2) is 0 Å². The van der Waals surface area contributed by atoms with Crippen molar-refractivity contribution < 1.29 is 4.74 Å². The first-order valence-electron chi connectivity index (χ1n) is 4.47. The molecule has 0 bridgehead atoms. The highest BCUT2D eigenvalue weighted by Gasteiger charge is 2.01. The van der Waals surface area contributed by atoms with Crippen molar-refractivity contribution in [3.63, 3.8) is 0 Å². The second kappa shape index (κ2) is 5.28. The molecule has 13 heavy (non-hydrogen) atoms. The molecule has 0 unspecified atom stereocenters. The Kier molecular flexibility index (Phi) is 4.29. The normalized spacial score (nSPS) is 10.1. The van der Waals surface area contributed by atoms with E-state index in [-0.39, 0.29) is 0 Å². The summed E-state index contributed by atoms with van der Waals surface area (Å²) in [6.07, 6.45) is 2.23. The predicted octanol–water partition coefficient (Wildman–Crippen LogP) is 3.33. The second-order valence-corrected chi connectivity index (χ2v) is 3.90. The van der Waals surface area contributed by atoms with Gasteiger partial charge in [-0.3, -0.25) is 0 Å². The Balaban J connectivity index is 2.79. The number of methoxy groups -OCH3 is 1. The zero-order valence-corrected chi connectivity index (χ0v) is 9.73. The number of hydrogen-bond acceptors (Lipinski definition) is 1. The van der Waals surface area contributed by atoms with Gasteiger partial charge in [0.05, 0.1) is 7.11 Å². The van der Waals surface area contributed by atoms with E-state index in [1.54, 1.807) is 7.11 Å². The maximum absolute atomic E-state index is 5.31. The van der Waals surface area contributed by atoms with Crippen LogP contribution in [0.2, 0.25) is 0 Å². The SMILES string of the molecule is COc1cc(C)ccc1CCCBr. The molecule has 0 heterocycles. The molecule has 0 aliphatic rings. The van der Waals surface area contributed by atoms with Crippen LogP contribution >= 0.6 is 15.9 Å². The molecule has 2 heteroatoms. The number of halogens is 1. The standard InChI is InChI=1S/C11H15BrO/c1-9-5-6-10(4-3-7-12)11(8-9)13-2/h5-6,8H,3-4,7H2,1-2H3. The van der Waals surface area contributed by atoms with E-state index in [0.717, 1.165) is 23.9 Å². The Morgan fingerprint density at radius 1 is 1.38 bits per heavy atom. The van der Waals surface area contributed by atoms with Gasteiger partial charge in [-0.2, -0.15) is 0 Å². The van der Waals surface area contributed by atoms with Crippen molar-refractivity contribution in [3.05, 3.63) is 29.3 Å². The third-order valence-corrected chi connectivity index (χ3v) is 2.58. The van der Waals surface area contributed by atoms with Gasteiger partial charge < -0.3 is 4.74 Å². The summed E-state index contributed by atoms with van der Waals surface area (Å²) in [6.45, 7) is 2.08. The van der Waals surface area contributed by atoms with Gasteiger partial charge in [0.15, 0.2) is 0 Å². The first kappa shape index (κ1) is 10.6. The minimum Gasteiger partial charge on any atom is -0.496 e. The van der Waals surface area contributed by atoms with Crippen LogP contribution in [0.15, 0.2) is 18.2 Å². The van der Waals surface area contributed by atoms with Crippen molar-refractivity contribution in [1.82, 2.24) is 0 Å². The van der Waals surface area contributed by atoms with Crippen LogP contribution in [0.3, 0.4) is 0 Å². The lowest BCUT2D eigenvalue weighted by Gasteiger charge is -2.08. The quantitative estimate of drug-likeness (QED) is 0.737. The molecule has 0 aliphatic carbocycles. The van der Waals surface area contributed by atoms with Crippen LogP contribution in [0.25, 0.3) is 0 Å². The van der Waals surface area contributed by atoms with E-state index in [1.807, 2.05) is 0 Å². The number of ether oxygens (including phenoxy) is 1. The highest BCUT2D eigenvalue weighted by Crippen LogP contribution is 2.21. The molecule has 1 rings (SSSR count). The predicted molar refractivity (Wildman–Crippen MR) is 59.8 cm³/mol. The van der Waals surface area contributed by atoms with Crippen molar-refractivity contribution in [2.24, 2.45) is 0 Å². The molecule has 0 spiro atoms. The van der Waals surface area contributed by atoms with Gasteiger partial charge in [0, 0.05) is 5.33 Å². The van der Waals surface area contributed by atoms with Crippen LogP contribution in [0.1, 0.15) is 17.5 Å². The minimum absolute atomic E-state index is 1.01. The largest absolute Gasteiger partial charge is 0.496 e. The van der Waals surface area contributed by atoms with Crippen LogP contribution in [0.4, 0.5) is 0 Å². The number of hydrogen-bond donors (Lipinski definition) is 0. The fraction of sp³-hybridized carbons (Fsp3) is 0.455. The van der Waals surface area contributed by atoms with Crippen molar-refractivity contribution in [2.45, 2.75) is 19.8 Å². The minimum atomic E-state index is 1.01. The Morgan fingerprint density at radius 3 is 2.77 bits per heavy atom. The van der Waals surface area contributed by atoms with Crippen LogP contribution in [-0.4, -0.2) is 12.4 Å². The fourth-order valence-corrected chi connectivity index (χ4v) is 1.60. The van der Waals surface area contributed by atoms with E-state index in [4.69, 9.17) is 4.74 Å². The summed E-state index contributed by atoms with van der Waals surface area (Å²) < 4.78 is 5.31. The van der Waals surface area contributed by atoms with Crippen LogP contribution in [-0.2, 0) is 6.42 Å². The van der Waals surface area contributed by atoms with Crippen molar-refractivity contribution in [2.75, 3.05) is 12.4 Å². The summed E-state index contributed by atoms with van der Waals surface area (Å²) >= 11 is 3.43. The molecule has 0 atom stereocenters. The van der Waals surface area contributed by atoms with E-state index < -0.39 is 0 Å². The van der Waals surface area contributed by atoms with Crippen LogP contribution < -0.4 is 4.74 Å². The summed E-state index contributed by atoms with van der Waals surface area (Å²) in [5.74, 6) is 1.01. The van der Waals surface area contributed by atoms with Crippen molar-refractivity contribution in [3.8, 4) is 5.75 Å². The van der Waals surface area contributed by atoms with Gasteiger partial charge >= 0.3 is 0 Å². The maximum atomic E-state index is 5.31. The molecule has 0 aliphatic heterocycles. The lowest BCUT2D eigenvalue weighted by atomic mass is 10.1. The Hall–Kier alpha value is -0.500. The van der Waals surface area contributed by atoms with E-state index in [0.29, 0.717) is 0 Å². The Bertz CT molecular complexity index is 271. The maximum Gasteiger partial charge on any atom is 0.122 e. The van der Waals surface area contributed by atoms with Crippen LogP contribution in [0, 0.1) is 6.92 Å². The van der Waals surface area contributed by atoms with Gasteiger partial charge in [-0.1, -0.05) is 28.1 Å². The molecule has 0 amide bonds. The molecule has 0 saturated carbocycles. The van der Waals surface area contributed by atoms with Gasteiger partial charge in [-0.05, 0) is 37.0 Å². The Labute approximate surface area is 88.2 Å². The molecular formula is C11H15BrO. The van der Waals surface area contributed by atoms with E-state index in [9.17, 15) is 0 Å². The zero-order chi connectivity index (χ0) is 9.68. The first-order valence-corrected chi connectivity index (χ1v) is 5.59. The number of benzene rings is 1. The third-order valence-electron chi connectivity index (χ3n) is 2.02. The molecular weight excluding hydrogens is 228 g/mol. The number of rotatable bonds is 4. The molecule has 0 aromatic heterocycles.